The first-order valence-electron chi connectivity index (χ1n) is 10.6. The van der Waals surface area contributed by atoms with Crippen LogP contribution in [0.2, 0.25) is 0 Å². The second-order valence-corrected chi connectivity index (χ2v) is 7.44. The van der Waals surface area contributed by atoms with Crippen molar-refractivity contribution in [1.29, 1.82) is 0 Å². The van der Waals surface area contributed by atoms with E-state index in [0.29, 0.717) is 0 Å². The van der Waals surface area contributed by atoms with Gasteiger partial charge >= 0.3 is 0 Å². The Morgan fingerprint density at radius 2 is 1.25 bits per heavy atom. The highest BCUT2D eigenvalue weighted by Crippen LogP contribution is 2.14. The van der Waals surface area contributed by atoms with Crippen molar-refractivity contribution in [2.24, 2.45) is 0 Å². The van der Waals surface area contributed by atoms with E-state index in [1.165, 1.54) is 82.6 Å². The number of hydrogen-bond acceptors (Lipinski definition) is 2. The van der Waals surface area contributed by atoms with Gasteiger partial charge in [0.25, 0.3) is 0 Å². The molecule has 0 rings (SSSR count). The van der Waals surface area contributed by atoms with Crippen molar-refractivity contribution in [3.05, 3.63) is 11.6 Å². The molecule has 0 saturated heterocycles. The summed E-state index contributed by atoms with van der Waals surface area (Å²) in [5.41, 5.74) is 1.18. The summed E-state index contributed by atoms with van der Waals surface area (Å²) in [7, 11) is 0. The van der Waals surface area contributed by atoms with Crippen molar-refractivity contribution >= 4 is 0 Å². The molecule has 0 aromatic carbocycles. The number of hydrogen-bond donors (Lipinski definition) is 2. The maximum Gasteiger partial charge on any atom is 0.0574 e. The predicted molar refractivity (Wildman–Crippen MR) is 106 cm³/mol. The summed E-state index contributed by atoms with van der Waals surface area (Å²) in [4.78, 5) is 0. The van der Waals surface area contributed by atoms with Crippen molar-refractivity contribution in [3.8, 4) is 0 Å². The van der Waals surface area contributed by atoms with E-state index < -0.39 is 0 Å². The van der Waals surface area contributed by atoms with Crippen LogP contribution in [-0.2, 0) is 0 Å². The third-order valence-corrected chi connectivity index (χ3v) is 4.89. The summed E-state index contributed by atoms with van der Waals surface area (Å²) in [5.74, 6) is 0. The first kappa shape index (κ1) is 23.7. The molecule has 0 saturated carbocycles. The van der Waals surface area contributed by atoms with Crippen LogP contribution in [0.3, 0.4) is 0 Å². The van der Waals surface area contributed by atoms with Crippen molar-refractivity contribution in [3.63, 3.8) is 0 Å². The summed E-state index contributed by atoms with van der Waals surface area (Å²) in [6, 6.07) is 0. The van der Waals surface area contributed by atoms with Crippen LogP contribution in [0.25, 0.3) is 0 Å². The minimum Gasteiger partial charge on any atom is -0.396 e. The van der Waals surface area contributed by atoms with Crippen LogP contribution in [0.1, 0.15) is 117 Å². The van der Waals surface area contributed by atoms with E-state index in [2.05, 4.69) is 13.0 Å². The highest BCUT2D eigenvalue weighted by atomic mass is 16.3. The van der Waals surface area contributed by atoms with E-state index in [0.717, 1.165) is 25.7 Å². The quantitative estimate of drug-likeness (QED) is 0.219. The first-order chi connectivity index (χ1) is 11.7. The Morgan fingerprint density at radius 1 is 0.792 bits per heavy atom. The lowest BCUT2D eigenvalue weighted by atomic mass is 10.0. The number of rotatable bonds is 18. The molecule has 0 aliphatic carbocycles. The molecule has 2 nitrogen and oxygen atoms in total. The van der Waals surface area contributed by atoms with Crippen LogP contribution in [0.4, 0.5) is 0 Å². The lowest BCUT2D eigenvalue weighted by molar-refractivity contribution is 0.163. The normalized spacial score (nSPS) is 13.4. The molecule has 0 spiro atoms. The fraction of sp³-hybridized carbons (Fsp3) is 0.909. The van der Waals surface area contributed by atoms with Crippen LogP contribution >= 0.6 is 0 Å². The van der Waals surface area contributed by atoms with Gasteiger partial charge in [0, 0.05) is 6.61 Å². The molecule has 0 aliphatic heterocycles. The summed E-state index contributed by atoms with van der Waals surface area (Å²) in [6.07, 6.45) is 22.0. The number of aliphatic hydroxyl groups is 2. The third-order valence-electron chi connectivity index (χ3n) is 4.89. The smallest absolute Gasteiger partial charge is 0.0574 e. The molecule has 0 amide bonds. The first-order valence-corrected chi connectivity index (χ1v) is 10.6. The van der Waals surface area contributed by atoms with E-state index in [4.69, 9.17) is 5.11 Å². The fourth-order valence-corrected chi connectivity index (χ4v) is 3.13. The van der Waals surface area contributed by atoms with Gasteiger partial charge in [-0.2, -0.15) is 0 Å². The Morgan fingerprint density at radius 3 is 1.71 bits per heavy atom. The lowest BCUT2D eigenvalue weighted by Gasteiger charge is -2.08. The number of aliphatic hydroxyl groups excluding tert-OH is 2. The zero-order valence-corrected chi connectivity index (χ0v) is 16.6. The van der Waals surface area contributed by atoms with Crippen molar-refractivity contribution < 1.29 is 10.2 Å². The molecular weight excluding hydrogens is 296 g/mol. The average Bonchev–Trinajstić information content (AvgIpc) is 2.57. The Labute approximate surface area is 151 Å². The van der Waals surface area contributed by atoms with Crippen LogP contribution < -0.4 is 0 Å². The molecular formula is C22H44O2. The van der Waals surface area contributed by atoms with Crippen molar-refractivity contribution in [2.75, 3.05) is 6.61 Å². The van der Waals surface area contributed by atoms with E-state index in [1.807, 2.05) is 6.92 Å². The van der Waals surface area contributed by atoms with Crippen LogP contribution in [-0.4, -0.2) is 22.9 Å². The Balaban J connectivity index is 3.23. The van der Waals surface area contributed by atoms with Crippen molar-refractivity contribution in [2.45, 2.75) is 123 Å². The molecule has 0 aromatic heterocycles. The monoisotopic (exact) mass is 340 g/mol. The summed E-state index contributed by atoms with van der Waals surface area (Å²) >= 11 is 0. The minimum absolute atomic E-state index is 0.202. The molecule has 2 N–H and O–H groups in total. The second-order valence-electron chi connectivity index (χ2n) is 7.44. The fourth-order valence-electron chi connectivity index (χ4n) is 3.13. The van der Waals surface area contributed by atoms with E-state index in [-0.39, 0.29) is 12.7 Å². The van der Waals surface area contributed by atoms with Gasteiger partial charge < -0.3 is 10.2 Å². The van der Waals surface area contributed by atoms with Gasteiger partial charge in [-0.05, 0) is 26.2 Å². The summed E-state index contributed by atoms with van der Waals surface area (Å²) in [6.45, 7) is 4.50. The number of unbranched alkanes of at least 4 members (excludes halogenated alkanes) is 12. The summed E-state index contributed by atoms with van der Waals surface area (Å²) in [5, 5.41) is 18.8. The molecule has 0 heterocycles. The zero-order valence-electron chi connectivity index (χ0n) is 16.6. The van der Waals surface area contributed by atoms with Gasteiger partial charge in [-0.1, -0.05) is 102 Å². The van der Waals surface area contributed by atoms with Gasteiger partial charge in [-0.15, -0.1) is 0 Å². The second kappa shape index (κ2) is 19.0. The topological polar surface area (TPSA) is 40.5 Å². The van der Waals surface area contributed by atoms with Gasteiger partial charge in [0.05, 0.1) is 6.10 Å². The third kappa shape index (κ3) is 18.0. The van der Waals surface area contributed by atoms with Crippen LogP contribution in [0.15, 0.2) is 11.6 Å². The largest absolute Gasteiger partial charge is 0.396 e. The SMILES string of the molecule is CCCCCCCCCCCCCCCC(O)CC=C(C)CCO. The van der Waals surface area contributed by atoms with E-state index >= 15 is 0 Å². The molecule has 144 valence electrons. The Hall–Kier alpha value is -0.340. The van der Waals surface area contributed by atoms with Gasteiger partial charge in [0.15, 0.2) is 0 Å². The Bertz CT molecular complexity index is 273. The van der Waals surface area contributed by atoms with E-state index in [1.54, 1.807) is 0 Å². The highest BCUT2D eigenvalue weighted by Gasteiger charge is 2.02. The molecule has 2 heteroatoms. The zero-order chi connectivity index (χ0) is 17.9. The molecule has 0 aliphatic rings. The van der Waals surface area contributed by atoms with Gasteiger partial charge in [0.1, 0.15) is 0 Å². The molecule has 0 radical (unpaired) electrons. The van der Waals surface area contributed by atoms with Gasteiger partial charge in [-0.25, -0.2) is 0 Å². The van der Waals surface area contributed by atoms with Gasteiger partial charge in [0.2, 0.25) is 0 Å². The lowest BCUT2D eigenvalue weighted by Crippen LogP contribution is -2.04. The predicted octanol–water partition coefficient (Wildman–Crippen LogP) is 6.55. The molecule has 0 aromatic rings. The maximum absolute atomic E-state index is 9.94. The highest BCUT2D eigenvalue weighted by molar-refractivity contribution is 4.98. The molecule has 0 fully saturated rings. The Kier molecular flexibility index (Phi) is 18.7. The van der Waals surface area contributed by atoms with Crippen LogP contribution in [0.5, 0.6) is 0 Å². The summed E-state index contributed by atoms with van der Waals surface area (Å²) < 4.78 is 0. The van der Waals surface area contributed by atoms with Crippen LogP contribution in [0, 0.1) is 0 Å². The molecule has 1 atom stereocenters. The van der Waals surface area contributed by atoms with Crippen molar-refractivity contribution in [1.82, 2.24) is 0 Å². The molecule has 24 heavy (non-hydrogen) atoms. The maximum atomic E-state index is 9.94. The minimum atomic E-state index is -0.202. The molecule has 1 unspecified atom stereocenters. The standard InChI is InChI=1S/C22H44O2/c1-3-4-5-6-7-8-9-10-11-12-13-14-15-16-22(24)18-17-21(2)19-20-23/h17,22-24H,3-16,18-20H2,1-2H3. The molecule has 0 bridgehead atoms. The average molecular weight is 341 g/mol. The van der Waals surface area contributed by atoms with E-state index in [9.17, 15) is 5.11 Å². The van der Waals surface area contributed by atoms with Gasteiger partial charge in [-0.3, -0.25) is 0 Å².